The molecule has 1 aromatic carbocycles. The Bertz CT molecular complexity index is 1260. The molecule has 0 aliphatic heterocycles. The first-order chi connectivity index (χ1) is 13.7. The summed E-state index contributed by atoms with van der Waals surface area (Å²) in [6, 6.07) is 7.82. The van der Waals surface area contributed by atoms with Gasteiger partial charge in [-0.15, -0.1) is 5.10 Å². The van der Waals surface area contributed by atoms with Crippen molar-refractivity contribution in [2.45, 2.75) is 46.1 Å². The van der Waals surface area contributed by atoms with E-state index in [9.17, 15) is 4.79 Å². The van der Waals surface area contributed by atoms with Crippen molar-refractivity contribution >= 4 is 16.9 Å². The third-order valence-electron chi connectivity index (χ3n) is 5.11. The predicted octanol–water partition coefficient (Wildman–Crippen LogP) is 2.69. The van der Waals surface area contributed by atoms with Crippen LogP contribution in [-0.2, 0) is 25.4 Å². The van der Waals surface area contributed by atoms with Gasteiger partial charge in [0.25, 0.3) is 5.56 Å². The van der Waals surface area contributed by atoms with Crippen LogP contribution in [0, 0.1) is 0 Å². The van der Waals surface area contributed by atoms with E-state index in [-0.39, 0.29) is 11.0 Å². The Morgan fingerprint density at radius 3 is 2.38 bits per heavy atom. The molecule has 29 heavy (non-hydrogen) atoms. The lowest BCUT2D eigenvalue weighted by molar-refractivity contribution is 0.414. The summed E-state index contributed by atoms with van der Waals surface area (Å²) >= 11 is 0. The van der Waals surface area contributed by atoms with E-state index in [1.54, 1.807) is 16.2 Å². The first-order valence-electron chi connectivity index (χ1n) is 9.73. The summed E-state index contributed by atoms with van der Waals surface area (Å²) in [5, 5.41) is 4.70. The molecule has 3 aromatic heterocycles. The van der Waals surface area contributed by atoms with Crippen LogP contribution in [0.2, 0.25) is 0 Å². The zero-order valence-electron chi connectivity index (χ0n) is 17.7. The molecule has 0 aliphatic carbocycles. The quantitative estimate of drug-likeness (QED) is 0.532. The highest BCUT2D eigenvalue weighted by Gasteiger charge is 2.26. The summed E-state index contributed by atoms with van der Waals surface area (Å²) in [5.74, 6) is 2.81. The average Bonchev–Trinajstić information content (AvgIpc) is 3.24. The molecule has 4 rings (SSSR count). The lowest BCUT2D eigenvalue weighted by Crippen LogP contribution is -2.24. The van der Waals surface area contributed by atoms with Crippen molar-refractivity contribution in [3.8, 4) is 5.75 Å². The Hall–Kier alpha value is -3.16. The van der Waals surface area contributed by atoms with Gasteiger partial charge >= 0.3 is 0 Å². The van der Waals surface area contributed by atoms with Gasteiger partial charge in [-0.1, -0.05) is 32.9 Å². The lowest BCUT2D eigenvalue weighted by Gasteiger charge is -2.17. The minimum absolute atomic E-state index is 0.0936. The Morgan fingerprint density at radius 2 is 1.79 bits per heavy atom. The number of hydrogen-bond acceptors (Lipinski definition) is 5. The molecule has 8 nitrogen and oxygen atoms in total. The first kappa shape index (κ1) is 19.2. The van der Waals surface area contributed by atoms with E-state index in [0.717, 1.165) is 17.1 Å². The zero-order chi connectivity index (χ0) is 20.9. The molecule has 0 aliphatic rings. The number of hydrogen-bond donors (Lipinski definition) is 0. The van der Waals surface area contributed by atoms with Gasteiger partial charge in [-0.05, 0) is 24.6 Å². The monoisotopic (exact) mass is 394 g/mol. The molecule has 0 atom stereocenters. The van der Waals surface area contributed by atoms with Crippen LogP contribution in [0.5, 0.6) is 5.75 Å². The summed E-state index contributed by atoms with van der Waals surface area (Å²) in [6.45, 7) is 8.70. The number of rotatable bonds is 4. The van der Waals surface area contributed by atoms with E-state index < -0.39 is 0 Å². The maximum Gasteiger partial charge on any atom is 0.281 e. The molecule has 8 heteroatoms. The van der Waals surface area contributed by atoms with E-state index in [1.807, 2.05) is 42.8 Å². The Kier molecular flexibility index (Phi) is 4.44. The van der Waals surface area contributed by atoms with Crippen LogP contribution in [0.25, 0.3) is 16.9 Å². The SMILES string of the molecule is CCn1c(=O)c2c(nc(C(C)(C)C)n2C)n2nc(Cc3ccc(OC)cc3)nc12. The summed E-state index contributed by atoms with van der Waals surface area (Å²) in [4.78, 5) is 22.6. The number of nitrogens with zero attached hydrogens (tertiary/aromatic N) is 6. The number of imidazole rings is 1. The van der Waals surface area contributed by atoms with Gasteiger partial charge in [0.15, 0.2) is 17.0 Å². The number of aromatic nitrogens is 6. The minimum Gasteiger partial charge on any atom is -0.497 e. The molecule has 0 spiro atoms. The van der Waals surface area contributed by atoms with Crippen molar-refractivity contribution in [1.29, 1.82) is 0 Å². The molecule has 0 radical (unpaired) electrons. The maximum absolute atomic E-state index is 13.2. The highest BCUT2D eigenvalue weighted by atomic mass is 16.5. The minimum atomic E-state index is -0.198. The number of fused-ring (bicyclic) bond motifs is 3. The van der Waals surface area contributed by atoms with Crippen LogP contribution in [-0.4, -0.2) is 35.8 Å². The molecular weight excluding hydrogens is 368 g/mol. The van der Waals surface area contributed by atoms with Crippen LogP contribution >= 0.6 is 0 Å². The molecule has 0 unspecified atom stereocenters. The number of ether oxygens (including phenoxy) is 1. The van der Waals surface area contributed by atoms with Crippen LogP contribution in [0.15, 0.2) is 29.1 Å². The van der Waals surface area contributed by atoms with Gasteiger partial charge in [0.1, 0.15) is 11.6 Å². The highest BCUT2D eigenvalue weighted by Crippen LogP contribution is 2.24. The standard InChI is InChI=1S/C21H26N6O2/c1-7-26-18(28)16-17(23-19(25(16)5)21(2,3)4)27-20(26)22-15(24-27)12-13-8-10-14(29-6)11-9-13/h8-11H,7,12H2,1-6H3. The average molecular weight is 394 g/mol. The van der Waals surface area contributed by atoms with E-state index in [1.165, 1.54) is 0 Å². The van der Waals surface area contributed by atoms with Crippen molar-refractivity contribution < 1.29 is 4.74 Å². The third kappa shape index (κ3) is 3.08. The topological polar surface area (TPSA) is 79.2 Å². The Labute approximate surface area is 168 Å². The molecule has 152 valence electrons. The van der Waals surface area contributed by atoms with Gasteiger partial charge in [0.2, 0.25) is 5.78 Å². The van der Waals surface area contributed by atoms with Crippen LogP contribution in [0.4, 0.5) is 0 Å². The van der Waals surface area contributed by atoms with Gasteiger partial charge < -0.3 is 9.30 Å². The summed E-state index contributed by atoms with van der Waals surface area (Å²) in [5.41, 5.74) is 1.88. The molecule has 0 bridgehead atoms. The number of aryl methyl sites for hydroxylation is 2. The largest absolute Gasteiger partial charge is 0.497 e. The third-order valence-corrected chi connectivity index (χ3v) is 5.11. The van der Waals surface area contributed by atoms with Gasteiger partial charge in [0, 0.05) is 25.4 Å². The summed E-state index contributed by atoms with van der Waals surface area (Å²) < 4.78 is 10.5. The molecule has 0 fully saturated rings. The van der Waals surface area contributed by atoms with E-state index in [4.69, 9.17) is 14.8 Å². The molecule has 0 saturated carbocycles. The number of benzene rings is 1. The van der Waals surface area contributed by atoms with Gasteiger partial charge in [-0.2, -0.15) is 9.50 Å². The van der Waals surface area contributed by atoms with E-state index in [0.29, 0.717) is 35.7 Å². The second kappa shape index (κ2) is 6.72. The fourth-order valence-corrected chi connectivity index (χ4v) is 3.71. The highest BCUT2D eigenvalue weighted by molar-refractivity contribution is 5.73. The molecule has 3 heterocycles. The maximum atomic E-state index is 13.2. The summed E-state index contributed by atoms with van der Waals surface area (Å²) in [7, 11) is 3.53. The van der Waals surface area contributed by atoms with Gasteiger partial charge in [-0.3, -0.25) is 9.36 Å². The molecule has 4 aromatic rings. The number of methoxy groups -OCH3 is 1. The van der Waals surface area contributed by atoms with E-state index in [2.05, 4.69) is 25.8 Å². The fourth-order valence-electron chi connectivity index (χ4n) is 3.71. The van der Waals surface area contributed by atoms with Gasteiger partial charge in [-0.25, -0.2) is 4.98 Å². The van der Waals surface area contributed by atoms with Crippen molar-refractivity contribution in [3.05, 3.63) is 51.8 Å². The molecular formula is C21H26N6O2. The molecule has 0 N–H and O–H groups in total. The second-order valence-electron chi connectivity index (χ2n) is 8.23. The van der Waals surface area contributed by atoms with E-state index >= 15 is 0 Å². The van der Waals surface area contributed by atoms with Gasteiger partial charge in [0.05, 0.1) is 7.11 Å². The van der Waals surface area contributed by atoms with Crippen molar-refractivity contribution in [3.63, 3.8) is 0 Å². The first-order valence-corrected chi connectivity index (χ1v) is 9.73. The van der Waals surface area contributed by atoms with Crippen LogP contribution < -0.4 is 10.3 Å². The summed E-state index contributed by atoms with van der Waals surface area (Å²) in [6.07, 6.45) is 0.560. The Morgan fingerprint density at radius 1 is 1.10 bits per heavy atom. The Balaban J connectivity index is 1.92. The predicted molar refractivity (Wildman–Crippen MR) is 112 cm³/mol. The second-order valence-corrected chi connectivity index (χ2v) is 8.23. The smallest absolute Gasteiger partial charge is 0.281 e. The van der Waals surface area contributed by atoms with Crippen molar-refractivity contribution in [1.82, 2.24) is 28.7 Å². The molecule has 0 saturated heterocycles. The zero-order valence-corrected chi connectivity index (χ0v) is 17.7. The van der Waals surface area contributed by atoms with Crippen LogP contribution in [0.1, 0.15) is 44.9 Å². The molecule has 0 amide bonds. The normalized spacial score (nSPS) is 12.2. The van der Waals surface area contributed by atoms with Crippen molar-refractivity contribution in [2.75, 3.05) is 7.11 Å². The van der Waals surface area contributed by atoms with Crippen LogP contribution in [0.3, 0.4) is 0 Å². The fraction of sp³-hybridized carbons (Fsp3) is 0.429. The van der Waals surface area contributed by atoms with Crippen molar-refractivity contribution in [2.24, 2.45) is 7.05 Å². The lowest BCUT2D eigenvalue weighted by atomic mass is 9.96.